The van der Waals surface area contributed by atoms with Crippen LogP contribution in [0.5, 0.6) is 0 Å². The number of hydrogen-bond acceptors (Lipinski definition) is 2. The summed E-state index contributed by atoms with van der Waals surface area (Å²) in [5.74, 6) is -0.204. The SMILES string of the molecule is Cc1cccc(C(=O)O[C@@H](C)C[NH+]2CCCC2)c1. The van der Waals surface area contributed by atoms with Crippen molar-refractivity contribution in [2.75, 3.05) is 19.6 Å². The summed E-state index contributed by atoms with van der Waals surface area (Å²) < 4.78 is 5.49. The van der Waals surface area contributed by atoms with Crippen molar-refractivity contribution in [2.45, 2.75) is 32.8 Å². The second-order valence-electron chi connectivity index (χ2n) is 5.25. The van der Waals surface area contributed by atoms with Crippen LogP contribution in [-0.4, -0.2) is 31.7 Å². The van der Waals surface area contributed by atoms with Gasteiger partial charge in [-0.2, -0.15) is 0 Å². The number of ether oxygens (including phenoxy) is 1. The minimum Gasteiger partial charge on any atom is -0.453 e. The minimum atomic E-state index is -0.204. The number of nitrogens with one attached hydrogen (secondary N) is 1. The van der Waals surface area contributed by atoms with Crippen molar-refractivity contribution >= 4 is 5.97 Å². The summed E-state index contributed by atoms with van der Waals surface area (Å²) in [5, 5.41) is 0. The number of carbonyl (C=O) groups is 1. The van der Waals surface area contributed by atoms with E-state index in [1.165, 1.54) is 25.9 Å². The summed E-state index contributed by atoms with van der Waals surface area (Å²) in [6, 6.07) is 7.55. The van der Waals surface area contributed by atoms with Crippen molar-refractivity contribution < 1.29 is 14.4 Å². The lowest BCUT2D eigenvalue weighted by Gasteiger charge is -2.18. The quantitative estimate of drug-likeness (QED) is 0.812. The fourth-order valence-electron chi connectivity index (χ4n) is 2.55. The Bertz CT molecular complexity index is 411. The van der Waals surface area contributed by atoms with Gasteiger partial charge >= 0.3 is 5.97 Å². The fourth-order valence-corrected chi connectivity index (χ4v) is 2.55. The van der Waals surface area contributed by atoms with E-state index in [0.29, 0.717) is 5.56 Å². The molecule has 0 unspecified atom stereocenters. The largest absolute Gasteiger partial charge is 0.453 e. The molecule has 0 aromatic heterocycles. The van der Waals surface area contributed by atoms with Gasteiger partial charge in [-0.1, -0.05) is 17.7 Å². The molecule has 0 bridgehead atoms. The number of likely N-dealkylation sites (tertiary alicyclic amines) is 1. The highest BCUT2D eigenvalue weighted by molar-refractivity contribution is 5.89. The molecule has 1 aliphatic rings. The van der Waals surface area contributed by atoms with E-state index in [1.807, 2.05) is 38.1 Å². The molecule has 18 heavy (non-hydrogen) atoms. The first-order valence-electron chi connectivity index (χ1n) is 6.76. The summed E-state index contributed by atoms with van der Waals surface area (Å²) in [4.78, 5) is 13.5. The van der Waals surface area contributed by atoms with Crippen molar-refractivity contribution in [2.24, 2.45) is 0 Å². The molecule has 1 aromatic carbocycles. The summed E-state index contributed by atoms with van der Waals surface area (Å²) in [6.45, 7) is 7.32. The average Bonchev–Trinajstić information content (AvgIpc) is 2.81. The van der Waals surface area contributed by atoms with Gasteiger partial charge in [0.15, 0.2) is 0 Å². The van der Waals surface area contributed by atoms with Gasteiger partial charge in [-0.15, -0.1) is 0 Å². The monoisotopic (exact) mass is 248 g/mol. The molecule has 3 heteroatoms. The van der Waals surface area contributed by atoms with Crippen LogP contribution in [0.2, 0.25) is 0 Å². The molecule has 1 fully saturated rings. The maximum absolute atomic E-state index is 11.9. The van der Waals surface area contributed by atoms with E-state index in [4.69, 9.17) is 4.74 Å². The summed E-state index contributed by atoms with van der Waals surface area (Å²) in [6.07, 6.45) is 2.59. The molecule has 0 radical (unpaired) electrons. The first-order chi connectivity index (χ1) is 8.65. The van der Waals surface area contributed by atoms with Gasteiger partial charge in [-0.3, -0.25) is 0 Å². The second-order valence-corrected chi connectivity index (χ2v) is 5.25. The highest BCUT2D eigenvalue weighted by Crippen LogP contribution is 2.07. The Hall–Kier alpha value is -1.35. The molecule has 3 nitrogen and oxygen atoms in total. The van der Waals surface area contributed by atoms with Gasteiger partial charge in [0.05, 0.1) is 18.7 Å². The van der Waals surface area contributed by atoms with Crippen molar-refractivity contribution in [1.82, 2.24) is 0 Å². The molecule has 1 aliphatic heterocycles. The Balaban J connectivity index is 1.86. The molecular weight excluding hydrogens is 226 g/mol. The standard InChI is InChI=1S/C15H21NO2/c1-12-6-5-7-14(10-12)15(17)18-13(2)11-16-8-3-4-9-16/h5-7,10,13H,3-4,8-9,11H2,1-2H3/p+1/t13-/m0/s1. The van der Waals surface area contributed by atoms with E-state index < -0.39 is 0 Å². The Labute approximate surface area is 109 Å². The number of quaternary nitrogens is 1. The van der Waals surface area contributed by atoms with Gasteiger partial charge in [0, 0.05) is 12.8 Å². The first-order valence-corrected chi connectivity index (χ1v) is 6.76. The van der Waals surface area contributed by atoms with Crippen LogP contribution in [0.15, 0.2) is 24.3 Å². The van der Waals surface area contributed by atoms with E-state index in [1.54, 1.807) is 4.90 Å². The van der Waals surface area contributed by atoms with Crippen LogP contribution in [-0.2, 0) is 4.74 Å². The molecule has 0 saturated carbocycles. The Morgan fingerprint density at radius 3 is 2.78 bits per heavy atom. The van der Waals surface area contributed by atoms with Gasteiger partial charge in [0.25, 0.3) is 0 Å². The molecule has 0 spiro atoms. The third kappa shape index (κ3) is 3.57. The topological polar surface area (TPSA) is 30.7 Å². The highest BCUT2D eigenvalue weighted by Gasteiger charge is 2.20. The van der Waals surface area contributed by atoms with E-state index in [2.05, 4.69) is 0 Å². The molecule has 1 N–H and O–H groups in total. The van der Waals surface area contributed by atoms with Crippen molar-refractivity contribution in [3.05, 3.63) is 35.4 Å². The zero-order valence-electron chi connectivity index (χ0n) is 11.2. The van der Waals surface area contributed by atoms with Crippen LogP contribution in [0.1, 0.15) is 35.7 Å². The van der Waals surface area contributed by atoms with Crippen molar-refractivity contribution in [1.29, 1.82) is 0 Å². The summed E-state index contributed by atoms with van der Waals surface area (Å²) >= 11 is 0. The van der Waals surface area contributed by atoms with Gasteiger partial charge in [0.1, 0.15) is 12.6 Å². The third-order valence-electron chi connectivity index (χ3n) is 3.45. The summed E-state index contributed by atoms with van der Waals surface area (Å²) in [7, 11) is 0. The first kappa shape index (κ1) is 13.1. The zero-order valence-corrected chi connectivity index (χ0v) is 11.2. The molecule has 1 saturated heterocycles. The number of aryl methyl sites for hydroxylation is 1. The van der Waals surface area contributed by atoms with Gasteiger partial charge < -0.3 is 9.64 Å². The van der Waals surface area contributed by atoms with E-state index in [-0.39, 0.29) is 12.1 Å². The molecule has 98 valence electrons. The Morgan fingerprint density at radius 1 is 1.39 bits per heavy atom. The normalized spacial score (nSPS) is 17.7. The predicted molar refractivity (Wildman–Crippen MR) is 70.9 cm³/mol. The van der Waals surface area contributed by atoms with Crippen molar-refractivity contribution in [3.63, 3.8) is 0 Å². The minimum absolute atomic E-state index is 0.00823. The predicted octanol–water partition coefficient (Wildman–Crippen LogP) is 1.22. The second kappa shape index (κ2) is 6.01. The molecule has 1 atom stereocenters. The van der Waals surface area contributed by atoms with Crippen LogP contribution < -0.4 is 4.90 Å². The van der Waals surface area contributed by atoms with Crippen LogP contribution in [0.4, 0.5) is 0 Å². The number of rotatable bonds is 4. The lowest BCUT2D eigenvalue weighted by molar-refractivity contribution is -0.890. The molecule has 0 aliphatic carbocycles. The van der Waals surface area contributed by atoms with Gasteiger partial charge in [0.2, 0.25) is 0 Å². The Morgan fingerprint density at radius 2 is 2.11 bits per heavy atom. The smallest absolute Gasteiger partial charge is 0.338 e. The molecule has 0 amide bonds. The lowest BCUT2D eigenvalue weighted by Crippen LogP contribution is -3.11. The molecular formula is C15H22NO2+. The number of carbonyl (C=O) groups excluding carboxylic acids is 1. The molecule has 1 heterocycles. The van der Waals surface area contributed by atoms with Crippen LogP contribution >= 0.6 is 0 Å². The number of benzene rings is 1. The van der Waals surface area contributed by atoms with Crippen LogP contribution in [0.3, 0.4) is 0 Å². The maximum Gasteiger partial charge on any atom is 0.338 e. The van der Waals surface area contributed by atoms with E-state index in [0.717, 1.165) is 12.1 Å². The molecule has 1 aromatic rings. The van der Waals surface area contributed by atoms with Crippen LogP contribution in [0.25, 0.3) is 0 Å². The van der Waals surface area contributed by atoms with E-state index in [9.17, 15) is 4.79 Å². The van der Waals surface area contributed by atoms with Gasteiger partial charge in [-0.05, 0) is 26.0 Å². The third-order valence-corrected chi connectivity index (χ3v) is 3.45. The number of esters is 1. The lowest BCUT2D eigenvalue weighted by atomic mass is 10.1. The highest BCUT2D eigenvalue weighted by atomic mass is 16.5. The van der Waals surface area contributed by atoms with Crippen molar-refractivity contribution in [3.8, 4) is 0 Å². The maximum atomic E-state index is 11.9. The zero-order chi connectivity index (χ0) is 13.0. The van der Waals surface area contributed by atoms with Crippen LogP contribution in [0, 0.1) is 6.92 Å². The summed E-state index contributed by atoms with van der Waals surface area (Å²) in [5.41, 5.74) is 1.74. The fraction of sp³-hybridized carbons (Fsp3) is 0.533. The van der Waals surface area contributed by atoms with E-state index >= 15 is 0 Å². The number of hydrogen-bond donors (Lipinski definition) is 1. The Kier molecular flexibility index (Phi) is 4.37. The molecule has 2 rings (SSSR count). The average molecular weight is 248 g/mol. The van der Waals surface area contributed by atoms with Gasteiger partial charge in [-0.25, -0.2) is 4.79 Å².